The number of likely N-dealkylation sites (tertiary alicyclic amines) is 1. The van der Waals surface area contributed by atoms with Crippen LogP contribution in [0.25, 0.3) is 0 Å². The first-order valence-electron chi connectivity index (χ1n) is 10.7. The molecule has 2 heterocycles. The van der Waals surface area contributed by atoms with E-state index in [0.717, 1.165) is 38.0 Å². The minimum absolute atomic E-state index is 0.0138. The van der Waals surface area contributed by atoms with Crippen LogP contribution in [0.2, 0.25) is 0 Å². The monoisotopic (exact) mass is 385 g/mol. The number of amides is 3. The summed E-state index contributed by atoms with van der Waals surface area (Å²) in [7, 11) is 1.60. The van der Waals surface area contributed by atoms with Gasteiger partial charge in [0.2, 0.25) is 5.91 Å². The van der Waals surface area contributed by atoms with Crippen molar-refractivity contribution >= 4 is 23.3 Å². The first-order chi connectivity index (χ1) is 13.7. The molecule has 0 aromatic heterocycles. The zero-order valence-corrected chi connectivity index (χ0v) is 16.8. The number of rotatable bonds is 4. The average Bonchev–Trinajstić information content (AvgIpc) is 3.38. The van der Waals surface area contributed by atoms with Crippen LogP contribution in [0.15, 0.2) is 18.2 Å². The van der Waals surface area contributed by atoms with E-state index in [1.165, 1.54) is 32.1 Å². The zero-order valence-electron chi connectivity index (χ0n) is 16.8. The molecule has 1 aromatic rings. The number of hydrogen-bond donors (Lipinski definition) is 1. The summed E-state index contributed by atoms with van der Waals surface area (Å²) in [5, 5.41) is 3.06. The fourth-order valence-corrected chi connectivity index (χ4v) is 5.13. The summed E-state index contributed by atoms with van der Waals surface area (Å²) >= 11 is 0. The first kappa shape index (κ1) is 19.1. The van der Waals surface area contributed by atoms with Crippen LogP contribution in [0.1, 0.15) is 57.8 Å². The Kier molecular flexibility index (Phi) is 5.74. The highest BCUT2D eigenvalue weighted by molar-refractivity contribution is 5.97. The Labute approximate surface area is 167 Å². The number of hydrogen-bond acceptors (Lipinski definition) is 3. The molecule has 2 aliphatic heterocycles. The van der Waals surface area contributed by atoms with Crippen molar-refractivity contribution in [3.8, 4) is 5.75 Å². The van der Waals surface area contributed by atoms with Crippen LogP contribution in [-0.4, -0.2) is 43.1 Å². The molecule has 0 unspecified atom stereocenters. The van der Waals surface area contributed by atoms with Crippen LogP contribution in [0.5, 0.6) is 5.75 Å². The van der Waals surface area contributed by atoms with E-state index in [2.05, 4.69) is 5.32 Å². The first-order valence-corrected chi connectivity index (χ1v) is 10.7. The summed E-state index contributed by atoms with van der Waals surface area (Å²) in [6, 6.07) is 5.93. The van der Waals surface area contributed by atoms with Gasteiger partial charge >= 0.3 is 6.03 Å². The molecule has 6 heteroatoms. The average molecular weight is 386 g/mol. The molecule has 28 heavy (non-hydrogen) atoms. The lowest BCUT2D eigenvalue weighted by atomic mass is 9.83. The van der Waals surface area contributed by atoms with Gasteiger partial charge in [-0.1, -0.05) is 19.3 Å². The second kappa shape index (κ2) is 8.41. The van der Waals surface area contributed by atoms with E-state index < -0.39 is 0 Å². The van der Waals surface area contributed by atoms with Gasteiger partial charge < -0.3 is 19.9 Å². The van der Waals surface area contributed by atoms with Gasteiger partial charge in [0.05, 0.1) is 12.8 Å². The fraction of sp³-hybridized carbons (Fsp3) is 0.636. The number of nitrogens with one attached hydrogen (secondary N) is 1. The Bertz CT molecular complexity index is 730. The minimum Gasteiger partial charge on any atom is -0.494 e. The SMILES string of the molecule is COc1cc(NC(=O)N2CCC[C@H]2C2CCCCC2)ccc1N1CCCC1=O. The van der Waals surface area contributed by atoms with Gasteiger partial charge in [-0.05, 0) is 50.2 Å². The van der Waals surface area contributed by atoms with Crippen molar-refractivity contribution < 1.29 is 14.3 Å². The van der Waals surface area contributed by atoms with Gasteiger partial charge in [0.1, 0.15) is 5.75 Å². The predicted octanol–water partition coefficient (Wildman–Crippen LogP) is 4.40. The van der Waals surface area contributed by atoms with Crippen LogP contribution in [0.4, 0.5) is 16.2 Å². The van der Waals surface area contributed by atoms with Gasteiger partial charge in [-0.2, -0.15) is 0 Å². The number of carbonyl (C=O) groups is 2. The topological polar surface area (TPSA) is 61.9 Å². The summed E-state index contributed by atoms with van der Waals surface area (Å²) in [6.45, 7) is 1.56. The van der Waals surface area contributed by atoms with Crippen LogP contribution >= 0.6 is 0 Å². The molecule has 0 bridgehead atoms. The summed E-state index contributed by atoms with van der Waals surface area (Å²) in [5.74, 6) is 1.40. The number of urea groups is 1. The van der Waals surface area contributed by atoms with Gasteiger partial charge in [0, 0.05) is 37.3 Å². The minimum atomic E-state index is -0.0138. The second-order valence-corrected chi connectivity index (χ2v) is 8.27. The summed E-state index contributed by atoms with van der Waals surface area (Å²) < 4.78 is 5.51. The molecule has 0 spiro atoms. The lowest BCUT2D eigenvalue weighted by Gasteiger charge is -2.34. The number of methoxy groups -OCH3 is 1. The second-order valence-electron chi connectivity index (χ2n) is 8.27. The van der Waals surface area contributed by atoms with Crippen molar-refractivity contribution in [2.24, 2.45) is 5.92 Å². The van der Waals surface area contributed by atoms with Gasteiger partial charge in [0.25, 0.3) is 0 Å². The van der Waals surface area contributed by atoms with E-state index >= 15 is 0 Å². The van der Waals surface area contributed by atoms with Crippen LogP contribution in [0.3, 0.4) is 0 Å². The van der Waals surface area contributed by atoms with E-state index in [9.17, 15) is 9.59 Å². The maximum atomic E-state index is 13.0. The van der Waals surface area contributed by atoms with E-state index in [1.54, 1.807) is 12.0 Å². The van der Waals surface area contributed by atoms with Gasteiger partial charge in [-0.25, -0.2) is 4.79 Å². The molecule has 1 N–H and O–H groups in total. The normalized spacial score (nSPS) is 23.3. The third-order valence-electron chi connectivity index (χ3n) is 6.55. The van der Waals surface area contributed by atoms with Gasteiger partial charge in [-0.3, -0.25) is 4.79 Å². The zero-order chi connectivity index (χ0) is 19.5. The molecule has 1 saturated carbocycles. The summed E-state index contributed by atoms with van der Waals surface area (Å²) in [4.78, 5) is 28.8. The number of carbonyl (C=O) groups excluding carboxylic acids is 2. The molecular weight excluding hydrogens is 354 g/mol. The molecule has 3 aliphatic rings. The molecule has 2 saturated heterocycles. The third-order valence-corrected chi connectivity index (χ3v) is 6.55. The van der Waals surface area contributed by atoms with Crippen LogP contribution in [0, 0.1) is 5.92 Å². The van der Waals surface area contributed by atoms with Crippen LogP contribution in [-0.2, 0) is 4.79 Å². The molecule has 1 atom stereocenters. The smallest absolute Gasteiger partial charge is 0.322 e. The molecule has 1 aliphatic carbocycles. The molecule has 3 amide bonds. The lowest BCUT2D eigenvalue weighted by molar-refractivity contribution is -0.117. The van der Waals surface area contributed by atoms with E-state index in [-0.39, 0.29) is 11.9 Å². The number of benzene rings is 1. The van der Waals surface area contributed by atoms with Crippen molar-refractivity contribution in [3.05, 3.63) is 18.2 Å². The van der Waals surface area contributed by atoms with E-state index in [4.69, 9.17) is 4.74 Å². The maximum absolute atomic E-state index is 13.0. The van der Waals surface area contributed by atoms with Crippen LogP contribution < -0.4 is 15.0 Å². The highest BCUT2D eigenvalue weighted by Gasteiger charge is 2.35. The van der Waals surface area contributed by atoms with Crippen molar-refractivity contribution in [2.45, 2.75) is 63.8 Å². The molecular formula is C22H31N3O3. The van der Waals surface area contributed by atoms with E-state index in [1.807, 2.05) is 23.1 Å². The fourth-order valence-electron chi connectivity index (χ4n) is 5.13. The Morgan fingerprint density at radius 1 is 1.07 bits per heavy atom. The van der Waals surface area contributed by atoms with Crippen molar-refractivity contribution in [3.63, 3.8) is 0 Å². The molecule has 6 nitrogen and oxygen atoms in total. The Morgan fingerprint density at radius 3 is 2.61 bits per heavy atom. The largest absolute Gasteiger partial charge is 0.494 e. The van der Waals surface area contributed by atoms with Crippen molar-refractivity contribution in [1.29, 1.82) is 0 Å². The van der Waals surface area contributed by atoms with Crippen molar-refractivity contribution in [2.75, 3.05) is 30.4 Å². The Hall–Kier alpha value is -2.24. The van der Waals surface area contributed by atoms with Gasteiger partial charge in [-0.15, -0.1) is 0 Å². The number of anilines is 2. The molecule has 152 valence electrons. The van der Waals surface area contributed by atoms with E-state index in [0.29, 0.717) is 29.8 Å². The summed E-state index contributed by atoms with van der Waals surface area (Å²) in [6.07, 6.45) is 10.1. The molecule has 0 radical (unpaired) electrons. The standard InChI is InChI=1S/C22H31N3O3/c1-28-20-15-17(11-12-19(20)24-13-6-10-21(24)26)23-22(27)25-14-5-9-18(25)16-7-3-2-4-8-16/h11-12,15-16,18H,2-10,13-14H2,1H3,(H,23,27)/t18-/m0/s1. The van der Waals surface area contributed by atoms with Gasteiger partial charge in [0.15, 0.2) is 0 Å². The molecule has 1 aromatic carbocycles. The van der Waals surface area contributed by atoms with Crippen molar-refractivity contribution in [1.82, 2.24) is 4.90 Å². The lowest BCUT2D eigenvalue weighted by Crippen LogP contribution is -2.43. The highest BCUT2D eigenvalue weighted by Crippen LogP contribution is 2.36. The number of ether oxygens (including phenoxy) is 1. The number of nitrogens with zero attached hydrogens (tertiary/aromatic N) is 2. The third kappa shape index (κ3) is 3.82. The quantitative estimate of drug-likeness (QED) is 0.836. The molecule has 4 rings (SSSR count). The highest BCUT2D eigenvalue weighted by atomic mass is 16.5. The Morgan fingerprint density at radius 2 is 1.89 bits per heavy atom. The Balaban J connectivity index is 1.45. The maximum Gasteiger partial charge on any atom is 0.322 e. The summed E-state index contributed by atoms with van der Waals surface area (Å²) in [5.41, 5.74) is 1.50. The predicted molar refractivity (Wildman–Crippen MR) is 110 cm³/mol. The molecule has 3 fully saturated rings.